The number of carbonyl (C=O) groups excluding carboxylic acids is 1. The number of quaternary nitrogens is 1. The number of nitrogens with zero attached hydrogens (tertiary/aromatic N) is 1. The summed E-state index contributed by atoms with van der Waals surface area (Å²) in [5, 5.41) is 13.7. The molecule has 0 heterocycles. The Morgan fingerprint density at radius 3 is 1.56 bits per heavy atom. The molecule has 0 aromatic rings. The number of hydrogen-bond donors (Lipinski definition) is 3. The van der Waals surface area contributed by atoms with Gasteiger partial charge in [0, 0.05) is 6.42 Å². The number of likely N-dealkylation sites (N-methyl/N-ethyl adjacent to an activating group) is 1. The summed E-state index contributed by atoms with van der Waals surface area (Å²) in [6.45, 7) is 4.61. The van der Waals surface area contributed by atoms with Gasteiger partial charge < -0.3 is 19.8 Å². The summed E-state index contributed by atoms with van der Waals surface area (Å²) in [5.41, 5.74) is 0. The molecule has 0 saturated heterocycles. The average molecular weight is 790 g/mol. The maximum atomic E-state index is 12.8. The fourth-order valence-electron chi connectivity index (χ4n) is 5.47. The van der Waals surface area contributed by atoms with Crippen molar-refractivity contribution in [2.24, 2.45) is 0 Å². The number of nitrogens with one attached hydrogen (secondary N) is 1. The zero-order valence-corrected chi connectivity index (χ0v) is 36.5. The summed E-state index contributed by atoms with van der Waals surface area (Å²) in [7, 11) is 1.51. The van der Waals surface area contributed by atoms with Gasteiger partial charge in [0.15, 0.2) is 0 Å². The SMILES string of the molecule is CC/C=C\C/C=C\C/C=C\C/C=C\C/C=C\C/C=C\CCC(=O)NC(COP(=O)(O)OCC[N+](C)(C)C)C(O)/C=C/CCCCCCCCCCCCCC. The molecule has 0 aromatic carbocycles. The molecule has 3 atom stereocenters. The molecule has 0 fully saturated rings. The number of allylic oxidation sites excluding steroid dienone is 13. The normalized spacial score (nSPS) is 15.3. The van der Waals surface area contributed by atoms with Crippen LogP contribution in [-0.2, 0) is 18.4 Å². The second-order valence-electron chi connectivity index (χ2n) is 15.3. The van der Waals surface area contributed by atoms with Crippen LogP contribution >= 0.6 is 7.82 Å². The summed E-state index contributed by atoms with van der Waals surface area (Å²) >= 11 is 0. The number of amides is 1. The van der Waals surface area contributed by atoms with E-state index < -0.39 is 20.0 Å². The van der Waals surface area contributed by atoms with E-state index in [2.05, 4.69) is 79.9 Å². The predicted octanol–water partition coefficient (Wildman–Crippen LogP) is 11.8. The fourth-order valence-corrected chi connectivity index (χ4v) is 6.21. The lowest BCUT2D eigenvalue weighted by Gasteiger charge is -2.25. The summed E-state index contributed by atoms with van der Waals surface area (Å²) < 4.78 is 23.5. The Balaban J connectivity index is 4.61. The van der Waals surface area contributed by atoms with Crippen LogP contribution in [-0.4, -0.2) is 73.4 Å². The van der Waals surface area contributed by atoms with Gasteiger partial charge in [0.25, 0.3) is 0 Å². The minimum absolute atomic E-state index is 0.0434. The van der Waals surface area contributed by atoms with Crippen LogP contribution in [0.1, 0.15) is 149 Å². The van der Waals surface area contributed by atoms with Crippen LogP contribution in [0.5, 0.6) is 0 Å². The molecule has 8 nitrogen and oxygen atoms in total. The smallest absolute Gasteiger partial charge is 0.387 e. The number of carbonyl (C=O) groups is 1. The van der Waals surface area contributed by atoms with Gasteiger partial charge >= 0.3 is 7.82 Å². The van der Waals surface area contributed by atoms with Crippen molar-refractivity contribution in [2.75, 3.05) is 40.9 Å². The first-order valence-electron chi connectivity index (χ1n) is 21.5. The van der Waals surface area contributed by atoms with E-state index in [4.69, 9.17) is 9.05 Å². The molecular formula is C46H82N2O6P+. The van der Waals surface area contributed by atoms with Gasteiger partial charge in [-0.05, 0) is 57.8 Å². The first-order valence-corrected chi connectivity index (χ1v) is 23.0. The molecule has 0 rings (SSSR count). The van der Waals surface area contributed by atoms with Crippen molar-refractivity contribution in [1.29, 1.82) is 0 Å². The molecule has 316 valence electrons. The lowest BCUT2D eigenvalue weighted by atomic mass is 10.0. The van der Waals surface area contributed by atoms with Crippen molar-refractivity contribution in [2.45, 2.75) is 161 Å². The van der Waals surface area contributed by atoms with Crippen LogP contribution in [0.4, 0.5) is 0 Å². The third kappa shape index (κ3) is 39.7. The van der Waals surface area contributed by atoms with Gasteiger partial charge in [-0.1, -0.05) is 170 Å². The highest BCUT2D eigenvalue weighted by Crippen LogP contribution is 2.43. The van der Waals surface area contributed by atoms with Crippen molar-refractivity contribution in [1.82, 2.24) is 5.32 Å². The third-order valence-corrected chi connectivity index (χ3v) is 9.87. The predicted molar refractivity (Wildman–Crippen MR) is 235 cm³/mol. The Kier molecular flexibility index (Phi) is 35.7. The molecule has 0 aromatic heterocycles. The topological polar surface area (TPSA) is 105 Å². The standard InChI is InChI=1S/C46H81N2O6P/c1-6-8-10-12-14-16-18-20-22-23-24-25-26-28-30-32-34-36-38-40-46(50)47-44(43-54-55(51,52)53-42-41-48(3,4)5)45(49)39-37-35-33-31-29-27-21-19-17-15-13-11-9-7-2/h8,10,14,16,20,22,24-25,28,30,34,36-37,39,44-45,49H,6-7,9,11-13,15,17-19,21,23,26-27,29,31-33,35,38,40-43H2,1-5H3,(H-,47,50,51,52)/p+1/b10-8-,16-14-,22-20-,25-24-,30-28-,36-34-,39-37+. The number of phosphoric acid groups is 1. The highest BCUT2D eigenvalue weighted by Gasteiger charge is 2.27. The molecule has 55 heavy (non-hydrogen) atoms. The van der Waals surface area contributed by atoms with Gasteiger partial charge in [0.1, 0.15) is 13.2 Å². The monoisotopic (exact) mass is 790 g/mol. The first kappa shape index (κ1) is 52.7. The third-order valence-electron chi connectivity index (χ3n) is 8.88. The number of unbranched alkanes of at least 4 members (excludes halogenated alkanes) is 12. The van der Waals surface area contributed by atoms with E-state index in [0.717, 1.165) is 57.8 Å². The van der Waals surface area contributed by atoms with Crippen LogP contribution in [0.25, 0.3) is 0 Å². The number of hydrogen-bond acceptors (Lipinski definition) is 5. The second-order valence-corrected chi connectivity index (χ2v) is 16.8. The maximum absolute atomic E-state index is 12.8. The van der Waals surface area contributed by atoms with Crippen molar-refractivity contribution >= 4 is 13.7 Å². The molecule has 0 saturated carbocycles. The number of phosphoric ester groups is 1. The van der Waals surface area contributed by atoms with E-state index in [0.29, 0.717) is 17.4 Å². The van der Waals surface area contributed by atoms with E-state index >= 15 is 0 Å². The molecule has 0 spiro atoms. The van der Waals surface area contributed by atoms with E-state index in [1.165, 1.54) is 64.2 Å². The van der Waals surface area contributed by atoms with Crippen molar-refractivity contribution in [3.05, 3.63) is 85.1 Å². The van der Waals surface area contributed by atoms with Crippen molar-refractivity contribution < 1.29 is 32.9 Å². The highest BCUT2D eigenvalue weighted by molar-refractivity contribution is 7.47. The molecule has 9 heteroatoms. The van der Waals surface area contributed by atoms with Gasteiger partial charge in [0.2, 0.25) is 5.91 Å². The molecule has 1 amide bonds. The molecule has 0 aliphatic rings. The molecular weight excluding hydrogens is 707 g/mol. The summed E-state index contributed by atoms with van der Waals surface area (Å²) in [4.78, 5) is 23.0. The molecule has 3 unspecified atom stereocenters. The Morgan fingerprint density at radius 1 is 0.636 bits per heavy atom. The Hall–Kier alpha value is -2.32. The lowest BCUT2D eigenvalue weighted by Crippen LogP contribution is -2.45. The minimum atomic E-state index is -4.36. The van der Waals surface area contributed by atoms with Crippen molar-refractivity contribution in [3.63, 3.8) is 0 Å². The van der Waals surface area contributed by atoms with Crippen LogP contribution < -0.4 is 5.32 Å². The Bertz CT molecular complexity index is 1170. The van der Waals surface area contributed by atoms with Crippen LogP contribution in [0.2, 0.25) is 0 Å². The number of rotatable bonds is 37. The lowest BCUT2D eigenvalue weighted by molar-refractivity contribution is -0.870. The van der Waals surface area contributed by atoms with Gasteiger partial charge in [-0.3, -0.25) is 13.8 Å². The molecule has 0 aliphatic heterocycles. The summed E-state index contributed by atoms with van der Waals surface area (Å²) in [6, 6.07) is -0.890. The molecule has 0 bridgehead atoms. The molecule has 0 aliphatic carbocycles. The van der Waals surface area contributed by atoms with Gasteiger partial charge in [-0.2, -0.15) is 0 Å². The average Bonchev–Trinajstić information content (AvgIpc) is 3.13. The zero-order chi connectivity index (χ0) is 40.7. The molecule has 3 N–H and O–H groups in total. The summed E-state index contributed by atoms with van der Waals surface area (Å²) in [6.07, 6.45) is 50.9. The van der Waals surface area contributed by atoms with Crippen LogP contribution in [0, 0.1) is 0 Å². The van der Waals surface area contributed by atoms with E-state index in [1.807, 2.05) is 39.4 Å². The van der Waals surface area contributed by atoms with E-state index in [-0.39, 0.29) is 25.5 Å². The second kappa shape index (κ2) is 37.3. The van der Waals surface area contributed by atoms with Crippen molar-refractivity contribution in [3.8, 4) is 0 Å². The van der Waals surface area contributed by atoms with Gasteiger partial charge in [-0.15, -0.1) is 0 Å². The van der Waals surface area contributed by atoms with E-state index in [1.54, 1.807) is 6.08 Å². The fraction of sp³-hybridized carbons (Fsp3) is 0.674. The van der Waals surface area contributed by atoms with E-state index in [9.17, 15) is 19.4 Å². The quantitative estimate of drug-likeness (QED) is 0.0251. The van der Waals surface area contributed by atoms with Gasteiger partial charge in [0.05, 0.1) is 39.9 Å². The zero-order valence-electron chi connectivity index (χ0n) is 35.6. The highest BCUT2D eigenvalue weighted by atomic mass is 31.2. The van der Waals surface area contributed by atoms with Crippen LogP contribution in [0.3, 0.4) is 0 Å². The maximum Gasteiger partial charge on any atom is 0.472 e. The van der Waals surface area contributed by atoms with Gasteiger partial charge in [-0.25, -0.2) is 4.57 Å². The number of aliphatic hydroxyl groups excluding tert-OH is 1. The molecule has 0 radical (unpaired) electrons. The van der Waals surface area contributed by atoms with Crippen LogP contribution in [0.15, 0.2) is 85.1 Å². The minimum Gasteiger partial charge on any atom is -0.387 e. The number of aliphatic hydroxyl groups is 1. The Morgan fingerprint density at radius 2 is 1.09 bits per heavy atom. The largest absolute Gasteiger partial charge is 0.472 e. The first-order chi connectivity index (χ1) is 26.5. The Labute approximate surface area is 337 Å². The summed E-state index contributed by atoms with van der Waals surface area (Å²) in [5.74, 6) is -0.264.